The van der Waals surface area contributed by atoms with Gasteiger partial charge in [-0.05, 0) is 83.5 Å². The molecule has 6 heteroatoms. The summed E-state index contributed by atoms with van der Waals surface area (Å²) in [5.41, 5.74) is 0. The Hall–Kier alpha value is -2.63. The summed E-state index contributed by atoms with van der Waals surface area (Å²) in [6.45, 7) is 6.69. The van der Waals surface area contributed by atoms with Crippen LogP contribution in [0, 0.1) is 0 Å². The minimum absolute atomic E-state index is 0.0721. The Morgan fingerprint density at radius 1 is 0.244 bits per heavy atom. The van der Waals surface area contributed by atoms with Crippen LogP contribution in [0.3, 0.4) is 0 Å². The first kappa shape index (κ1) is 79.4. The molecule has 0 saturated carbocycles. The molecule has 0 bridgehead atoms. The molecular formula is C76H140O6. The maximum atomic E-state index is 13.0. The zero-order valence-corrected chi connectivity index (χ0v) is 55.3. The topological polar surface area (TPSA) is 78.9 Å². The highest BCUT2D eigenvalue weighted by Gasteiger charge is 2.19. The number of hydrogen-bond acceptors (Lipinski definition) is 6. The van der Waals surface area contributed by atoms with Crippen LogP contribution in [-0.4, -0.2) is 37.2 Å². The molecule has 0 aliphatic carbocycles. The van der Waals surface area contributed by atoms with Crippen molar-refractivity contribution in [2.24, 2.45) is 0 Å². The Morgan fingerprint density at radius 3 is 0.695 bits per heavy atom. The Balaban J connectivity index is 4.28. The van der Waals surface area contributed by atoms with Crippen molar-refractivity contribution < 1.29 is 28.6 Å². The molecule has 82 heavy (non-hydrogen) atoms. The zero-order chi connectivity index (χ0) is 59.2. The van der Waals surface area contributed by atoms with Crippen LogP contribution in [0.15, 0.2) is 48.6 Å². The molecule has 0 radical (unpaired) electrons. The van der Waals surface area contributed by atoms with E-state index < -0.39 is 6.10 Å². The minimum atomic E-state index is -0.777. The molecule has 0 saturated heterocycles. The van der Waals surface area contributed by atoms with E-state index in [9.17, 15) is 14.4 Å². The first-order valence-electron chi connectivity index (χ1n) is 36.6. The molecular weight excluding hydrogens is 1010 g/mol. The van der Waals surface area contributed by atoms with E-state index in [-0.39, 0.29) is 31.1 Å². The molecule has 0 spiro atoms. The molecule has 1 atom stereocenters. The summed E-state index contributed by atoms with van der Waals surface area (Å²) in [7, 11) is 0. The normalized spacial score (nSPS) is 12.3. The van der Waals surface area contributed by atoms with Gasteiger partial charge in [-0.25, -0.2) is 0 Å². The first-order valence-corrected chi connectivity index (χ1v) is 36.6. The third-order valence-corrected chi connectivity index (χ3v) is 16.6. The van der Waals surface area contributed by atoms with E-state index in [1.807, 2.05) is 0 Å². The number of carbonyl (C=O) groups excluding carboxylic acids is 3. The molecule has 0 aromatic rings. The largest absolute Gasteiger partial charge is 0.462 e. The maximum Gasteiger partial charge on any atom is 0.306 e. The maximum absolute atomic E-state index is 13.0. The molecule has 0 aliphatic rings. The summed E-state index contributed by atoms with van der Waals surface area (Å²) in [6, 6.07) is 0. The van der Waals surface area contributed by atoms with E-state index >= 15 is 0 Å². The smallest absolute Gasteiger partial charge is 0.306 e. The summed E-state index contributed by atoms with van der Waals surface area (Å²) >= 11 is 0. The molecule has 0 fully saturated rings. The molecule has 0 aromatic heterocycles. The second kappa shape index (κ2) is 70.9. The van der Waals surface area contributed by atoms with Crippen molar-refractivity contribution in [1.29, 1.82) is 0 Å². The Labute approximate surface area is 511 Å². The van der Waals surface area contributed by atoms with Crippen LogP contribution in [0.5, 0.6) is 0 Å². The minimum Gasteiger partial charge on any atom is -0.462 e. The first-order chi connectivity index (χ1) is 40.5. The molecule has 1 unspecified atom stereocenters. The summed E-state index contributed by atoms with van der Waals surface area (Å²) in [5, 5.41) is 0. The predicted octanol–water partition coefficient (Wildman–Crippen LogP) is 25.3. The van der Waals surface area contributed by atoms with Crippen molar-refractivity contribution in [3.05, 3.63) is 48.6 Å². The highest BCUT2D eigenvalue weighted by molar-refractivity contribution is 5.71. The molecule has 0 aromatic carbocycles. The second-order valence-electron chi connectivity index (χ2n) is 24.9. The van der Waals surface area contributed by atoms with Gasteiger partial charge in [0.2, 0.25) is 0 Å². The van der Waals surface area contributed by atoms with Crippen molar-refractivity contribution in [3.8, 4) is 0 Å². The van der Waals surface area contributed by atoms with Crippen molar-refractivity contribution in [2.45, 2.75) is 406 Å². The van der Waals surface area contributed by atoms with Gasteiger partial charge < -0.3 is 14.2 Å². The Kier molecular flexibility index (Phi) is 68.6. The van der Waals surface area contributed by atoms with E-state index in [0.29, 0.717) is 19.3 Å². The lowest BCUT2D eigenvalue weighted by molar-refractivity contribution is -0.167. The van der Waals surface area contributed by atoms with Gasteiger partial charge >= 0.3 is 17.9 Å². The predicted molar refractivity (Wildman–Crippen MR) is 358 cm³/mol. The highest BCUT2D eigenvalue weighted by Crippen LogP contribution is 2.18. The number of carbonyl (C=O) groups is 3. The van der Waals surface area contributed by atoms with Crippen molar-refractivity contribution in [2.75, 3.05) is 13.2 Å². The van der Waals surface area contributed by atoms with Crippen LogP contribution in [0.1, 0.15) is 400 Å². The van der Waals surface area contributed by atoms with Crippen molar-refractivity contribution >= 4 is 17.9 Å². The van der Waals surface area contributed by atoms with E-state index in [4.69, 9.17) is 14.2 Å². The summed E-state index contributed by atoms with van der Waals surface area (Å²) < 4.78 is 17.0. The third-order valence-electron chi connectivity index (χ3n) is 16.6. The van der Waals surface area contributed by atoms with Crippen LogP contribution in [0.25, 0.3) is 0 Å². The zero-order valence-electron chi connectivity index (χ0n) is 55.3. The molecule has 0 heterocycles. The summed E-state index contributed by atoms with van der Waals surface area (Å²) in [5.74, 6) is -0.853. The molecule has 0 aliphatic heterocycles. The van der Waals surface area contributed by atoms with Crippen LogP contribution >= 0.6 is 0 Å². The Morgan fingerprint density at radius 2 is 0.439 bits per heavy atom. The number of ether oxygens (including phenoxy) is 3. The molecule has 0 amide bonds. The lowest BCUT2D eigenvalue weighted by Gasteiger charge is -2.18. The fourth-order valence-corrected chi connectivity index (χ4v) is 11.0. The number of rotatable bonds is 68. The van der Waals surface area contributed by atoms with E-state index in [1.165, 1.54) is 283 Å². The van der Waals surface area contributed by atoms with Crippen LogP contribution in [0.2, 0.25) is 0 Å². The molecule has 0 N–H and O–H groups in total. The van der Waals surface area contributed by atoms with Crippen LogP contribution in [-0.2, 0) is 28.6 Å². The van der Waals surface area contributed by atoms with Gasteiger partial charge in [0.25, 0.3) is 0 Å². The van der Waals surface area contributed by atoms with Gasteiger partial charge in [0.05, 0.1) is 0 Å². The SMILES string of the molecule is CCCCCCC/C=C\C/C=C\C/C=C\CCCCCCCCCCCCCCC(=O)OCC(COC(=O)CCCCCCC/C=C\CCCCCCCCC)OC(=O)CCCCCCCCCCCCCCCCCCCCCCC. The van der Waals surface area contributed by atoms with Gasteiger partial charge in [0.15, 0.2) is 6.10 Å². The fraction of sp³-hybridized carbons (Fsp3) is 0.855. The highest BCUT2D eigenvalue weighted by atomic mass is 16.6. The lowest BCUT2D eigenvalue weighted by atomic mass is 10.0. The summed E-state index contributed by atoms with van der Waals surface area (Å²) in [6.07, 6.45) is 90.0. The van der Waals surface area contributed by atoms with Crippen LogP contribution < -0.4 is 0 Å². The van der Waals surface area contributed by atoms with Gasteiger partial charge in [-0.1, -0.05) is 345 Å². The summed E-state index contributed by atoms with van der Waals surface area (Å²) in [4.78, 5) is 38.5. The lowest BCUT2D eigenvalue weighted by Crippen LogP contribution is -2.30. The molecule has 6 nitrogen and oxygen atoms in total. The Bertz CT molecular complexity index is 1410. The van der Waals surface area contributed by atoms with Gasteiger partial charge in [0, 0.05) is 19.3 Å². The van der Waals surface area contributed by atoms with Gasteiger partial charge in [-0.2, -0.15) is 0 Å². The molecule has 0 rings (SSSR count). The fourth-order valence-electron chi connectivity index (χ4n) is 11.0. The van der Waals surface area contributed by atoms with Crippen molar-refractivity contribution in [3.63, 3.8) is 0 Å². The second-order valence-corrected chi connectivity index (χ2v) is 24.9. The average Bonchev–Trinajstić information content (AvgIpc) is 3.47. The number of esters is 3. The van der Waals surface area contributed by atoms with Gasteiger partial charge in [0.1, 0.15) is 13.2 Å². The van der Waals surface area contributed by atoms with Crippen LogP contribution in [0.4, 0.5) is 0 Å². The third kappa shape index (κ3) is 68.2. The number of hydrogen-bond donors (Lipinski definition) is 0. The van der Waals surface area contributed by atoms with Gasteiger partial charge in [-0.3, -0.25) is 14.4 Å². The quantitative estimate of drug-likeness (QED) is 0.0261. The molecule has 480 valence electrons. The van der Waals surface area contributed by atoms with E-state index in [2.05, 4.69) is 69.4 Å². The van der Waals surface area contributed by atoms with Crippen molar-refractivity contribution in [1.82, 2.24) is 0 Å². The number of unbranched alkanes of at least 4 members (excludes halogenated alkanes) is 49. The van der Waals surface area contributed by atoms with E-state index in [0.717, 1.165) is 77.0 Å². The number of allylic oxidation sites excluding steroid dienone is 8. The van der Waals surface area contributed by atoms with E-state index in [1.54, 1.807) is 0 Å². The standard InChI is InChI=1S/C76H140O6/c1-4-7-10-13-16-19-22-25-28-31-33-35-36-37-38-39-40-42-43-45-48-51-54-57-60-63-66-69-75(78)81-72-73(71-80-74(77)68-65-62-59-56-53-50-47-30-27-24-21-18-15-12-9-6-3)82-76(79)70-67-64-61-58-55-52-49-46-44-41-34-32-29-26-23-20-17-14-11-8-5-2/h22,25,30-31,33,36-37,47,73H,4-21,23-24,26-29,32,34-35,38-46,48-72H2,1-3H3/b25-22-,33-31-,37-36-,47-30-. The van der Waals surface area contributed by atoms with Gasteiger partial charge in [-0.15, -0.1) is 0 Å². The average molecular weight is 1150 g/mol. The monoisotopic (exact) mass is 1150 g/mol.